The van der Waals surface area contributed by atoms with Crippen LogP contribution >= 0.6 is 0 Å². The number of amides is 2. The van der Waals surface area contributed by atoms with Crippen molar-refractivity contribution in [3.63, 3.8) is 0 Å². The number of benzene rings is 3. The van der Waals surface area contributed by atoms with Gasteiger partial charge in [-0.2, -0.15) is 5.10 Å². The highest BCUT2D eigenvalue weighted by Gasteiger charge is 2.30. The molecule has 4 rings (SSSR count). The molecule has 1 aliphatic rings. The fraction of sp³-hybridized carbons (Fsp3) is 0.333. The lowest BCUT2D eigenvalue weighted by Crippen LogP contribution is -2.37. The van der Waals surface area contributed by atoms with E-state index in [1.54, 1.807) is 5.01 Å². The van der Waals surface area contributed by atoms with E-state index in [9.17, 15) is 4.79 Å². The van der Waals surface area contributed by atoms with E-state index in [1.807, 2.05) is 18.2 Å². The van der Waals surface area contributed by atoms with Crippen LogP contribution in [0.25, 0.3) is 0 Å². The molecule has 0 spiro atoms. The molecule has 0 fully saturated rings. The quantitative estimate of drug-likeness (QED) is 0.332. The first kappa shape index (κ1) is 23.7. The lowest BCUT2D eigenvalue weighted by Gasteiger charge is -2.20. The van der Waals surface area contributed by atoms with Gasteiger partial charge in [-0.3, -0.25) is 0 Å². The van der Waals surface area contributed by atoms with Gasteiger partial charge in [-0.25, -0.2) is 9.80 Å². The standard InChI is InChI=1S/C30H35N3O/c1-2-3-7-20-29-28(26-18-12-6-13-19-26)23-33(32-29)30(34)31-22-21-27(24-14-8-4-9-15-24)25-16-10-5-11-17-25/h4-6,8-19,27-28H,2-3,7,20-23H2,1H3,(H,31,34). The molecule has 0 aromatic heterocycles. The Labute approximate surface area is 203 Å². The van der Waals surface area contributed by atoms with Crippen LogP contribution in [0, 0.1) is 0 Å². The largest absolute Gasteiger partial charge is 0.337 e. The summed E-state index contributed by atoms with van der Waals surface area (Å²) in [5.41, 5.74) is 4.90. The molecular formula is C30H35N3O. The number of carbonyl (C=O) groups is 1. The molecule has 1 aliphatic heterocycles. The third-order valence-corrected chi connectivity index (χ3v) is 6.59. The molecule has 0 saturated heterocycles. The molecular weight excluding hydrogens is 418 g/mol. The SMILES string of the molecule is CCCCCC1=NN(C(=O)NCCC(c2ccccc2)c2ccccc2)CC1c1ccccc1. The number of hydrogen-bond acceptors (Lipinski definition) is 2. The number of hydrazone groups is 1. The van der Waals surface area contributed by atoms with E-state index in [4.69, 9.17) is 5.10 Å². The summed E-state index contributed by atoms with van der Waals surface area (Å²) in [6.07, 6.45) is 5.26. The number of unbranched alkanes of at least 4 members (excludes halogenated alkanes) is 2. The Morgan fingerprint density at radius 2 is 1.50 bits per heavy atom. The maximum Gasteiger partial charge on any atom is 0.337 e. The van der Waals surface area contributed by atoms with Gasteiger partial charge in [-0.05, 0) is 36.0 Å². The van der Waals surface area contributed by atoms with Gasteiger partial charge in [0.25, 0.3) is 0 Å². The first-order valence-corrected chi connectivity index (χ1v) is 12.5. The fourth-order valence-corrected chi connectivity index (χ4v) is 4.75. The Hall–Kier alpha value is -3.40. The molecule has 3 aromatic rings. The molecule has 34 heavy (non-hydrogen) atoms. The van der Waals surface area contributed by atoms with E-state index in [0.29, 0.717) is 13.1 Å². The molecule has 4 nitrogen and oxygen atoms in total. The molecule has 176 valence electrons. The minimum absolute atomic E-state index is 0.105. The number of carbonyl (C=O) groups excluding carboxylic acids is 1. The molecule has 2 amide bonds. The van der Waals surface area contributed by atoms with Gasteiger partial charge in [0, 0.05) is 24.1 Å². The Kier molecular flexibility index (Phi) is 8.50. The Balaban J connectivity index is 1.40. The summed E-state index contributed by atoms with van der Waals surface area (Å²) in [6, 6.07) is 31.4. The molecule has 4 heteroatoms. The Morgan fingerprint density at radius 1 is 0.912 bits per heavy atom. The van der Waals surface area contributed by atoms with Crippen LogP contribution in [-0.4, -0.2) is 29.8 Å². The maximum absolute atomic E-state index is 13.1. The molecule has 1 unspecified atom stereocenters. The van der Waals surface area contributed by atoms with Gasteiger partial charge >= 0.3 is 6.03 Å². The van der Waals surface area contributed by atoms with E-state index in [0.717, 1.165) is 25.0 Å². The minimum Gasteiger partial charge on any atom is -0.336 e. The van der Waals surface area contributed by atoms with Crippen molar-refractivity contribution >= 4 is 11.7 Å². The van der Waals surface area contributed by atoms with Crippen LogP contribution in [-0.2, 0) is 0 Å². The maximum atomic E-state index is 13.1. The third-order valence-electron chi connectivity index (χ3n) is 6.59. The van der Waals surface area contributed by atoms with Crippen LogP contribution in [0.4, 0.5) is 4.79 Å². The summed E-state index contributed by atoms with van der Waals surface area (Å²) in [5.74, 6) is 0.427. The average molecular weight is 454 g/mol. The van der Waals surface area contributed by atoms with Crippen molar-refractivity contribution in [3.05, 3.63) is 108 Å². The third kappa shape index (κ3) is 6.13. The van der Waals surface area contributed by atoms with Crippen LogP contribution < -0.4 is 5.32 Å². The monoisotopic (exact) mass is 453 g/mol. The number of urea groups is 1. The number of nitrogens with zero attached hydrogens (tertiary/aromatic N) is 2. The Morgan fingerprint density at radius 3 is 2.09 bits per heavy atom. The zero-order valence-electron chi connectivity index (χ0n) is 20.1. The van der Waals surface area contributed by atoms with E-state index < -0.39 is 0 Å². The van der Waals surface area contributed by atoms with E-state index in [-0.39, 0.29) is 17.9 Å². The second kappa shape index (κ2) is 12.2. The van der Waals surface area contributed by atoms with Crippen LogP contribution in [0.15, 0.2) is 96.1 Å². The van der Waals surface area contributed by atoms with Gasteiger partial charge in [0.05, 0.1) is 6.54 Å². The van der Waals surface area contributed by atoms with Crippen LogP contribution in [0.2, 0.25) is 0 Å². The van der Waals surface area contributed by atoms with Gasteiger partial charge in [-0.1, -0.05) is 111 Å². The van der Waals surface area contributed by atoms with Gasteiger partial charge in [0.1, 0.15) is 0 Å². The van der Waals surface area contributed by atoms with Crippen LogP contribution in [0.1, 0.15) is 67.6 Å². The van der Waals surface area contributed by atoms with E-state index in [2.05, 4.69) is 85.0 Å². The second-order valence-corrected chi connectivity index (χ2v) is 8.99. The molecule has 0 aliphatic carbocycles. The highest BCUT2D eigenvalue weighted by molar-refractivity contribution is 5.94. The molecule has 0 saturated carbocycles. The molecule has 1 heterocycles. The van der Waals surface area contributed by atoms with Crippen LogP contribution in [0.5, 0.6) is 0 Å². The van der Waals surface area contributed by atoms with Crippen LogP contribution in [0.3, 0.4) is 0 Å². The molecule has 1 atom stereocenters. The summed E-state index contributed by atoms with van der Waals surface area (Å²) < 4.78 is 0. The minimum atomic E-state index is -0.105. The lowest BCUT2D eigenvalue weighted by molar-refractivity contribution is 0.204. The Bertz CT molecular complexity index is 1010. The molecule has 1 N–H and O–H groups in total. The first-order valence-electron chi connectivity index (χ1n) is 12.5. The normalized spacial score (nSPS) is 15.4. The first-order chi connectivity index (χ1) is 16.8. The zero-order chi connectivity index (χ0) is 23.6. The van der Waals surface area contributed by atoms with Crippen molar-refractivity contribution in [1.29, 1.82) is 0 Å². The predicted molar refractivity (Wildman–Crippen MR) is 140 cm³/mol. The molecule has 0 radical (unpaired) electrons. The summed E-state index contributed by atoms with van der Waals surface area (Å²) in [6.45, 7) is 3.42. The van der Waals surface area contributed by atoms with Gasteiger partial charge < -0.3 is 5.32 Å². The van der Waals surface area contributed by atoms with Gasteiger partial charge in [0.2, 0.25) is 0 Å². The summed E-state index contributed by atoms with van der Waals surface area (Å²) in [7, 11) is 0. The topological polar surface area (TPSA) is 44.7 Å². The van der Waals surface area contributed by atoms with E-state index >= 15 is 0 Å². The number of nitrogens with one attached hydrogen (secondary N) is 1. The lowest BCUT2D eigenvalue weighted by atomic mass is 9.88. The van der Waals surface area contributed by atoms with Crippen molar-refractivity contribution in [1.82, 2.24) is 10.3 Å². The number of rotatable bonds is 10. The smallest absolute Gasteiger partial charge is 0.336 e. The van der Waals surface area contributed by atoms with Crippen molar-refractivity contribution in [2.24, 2.45) is 5.10 Å². The van der Waals surface area contributed by atoms with Crippen molar-refractivity contribution < 1.29 is 4.79 Å². The zero-order valence-corrected chi connectivity index (χ0v) is 20.1. The van der Waals surface area contributed by atoms with E-state index in [1.165, 1.54) is 29.5 Å². The second-order valence-electron chi connectivity index (χ2n) is 8.99. The molecule has 3 aromatic carbocycles. The van der Waals surface area contributed by atoms with Crippen molar-refractivity contribution in [3.8, 4) is 0 Å². The highest BCUT2D eigenvalue weighted by atomic mass is 16.2. The number of hydrogen-bond donors (Lipinski definition) is 1. The average Bonchev–Trinajstić information content (AvgIpc) is 3.32. The highest BCUT2D eigenvalue weighted by Crippen LogP contribution is 2.29. The van der Waals surface area contributed by atoms with Crippen molar-refractivity contribution in [2.45, 2.75) is 50.9 Å². The van der Waals surface area contributed by atoms with Gasteiger partial charge in [0.15, 0.2) is 0 Å². The summed E-state index contributed by atoms with van der Waals surface area (Å²) in [5, 5.41) is 9.54. The summed E-state index contributed by atoms with van der Waals surface area (Å²) >= 11 is 0. The summed E-state index contributed by atoms with van der Waals surface area (Å²) in [4.78, 5) is 13.1. The predicted octanol–water partition coefficient (Wildman–Crippen LogP) is 6.95. The molecule has 0 bridgehead atoms. The van der Waals surface area contributed by atoms with Gasteiger partial charge in [-0.15, -0.1) is 0 Å². The fourth-order valence-electron chi connectivity index (χ4n) is 4.75. The van der Waals surface area contributed by atoms with Crippen molar-refractivity contribution in [2.75, 3.05) is 13.1 Å².